The molecule has 2 aromatic rings. The van der Waals surface area contributed by atoms with Gasteiger partial charge in [0.25, 0.3) is 5.78 Å². The van der Waals surface area contributed by atoms with Crippen LogP contribution in [-0.4, -0.2) is 49.2 Å². The van der Waals surface area contributed by atoms with E-state index in [4.69, 9.17) is 0 Å². The Balaban J connectivity index is 1.64. The van der Waals surface area contributed by atoms with E-state index in [1.54, 1.807) is 0 Å². The molecule has 1 amide bonds. The fourth-order valence-corrected chi connectivity index (χ4v) is 4.26. The predicted octanol–water partition coefficient (Wildman–Crippen LogP) is 2.87. The molecule has 1 aliphatic rings. The maximum absolute atomic E-state index is 12.5. The Labute approximate surface area is 147 Å². The fraction of sp³-hybridized carbons (Fsp3) is 0.647. The second-order valence-corrected chi connectivity index (χ2v) is 7.81. The first-order valence-corrected chi connectivity index (χ1v) is 9.52. The minimum absolute atomic E-state index is 0.161. The molecule has 6 nitrogen and oxygen atoms in total. The summed E-state index contributed by atoms with van der Waals surface area (Å²) in [5, 5.41) is 9.04. The zero-order valence-electron chi connectivity index (χ0n) is 14.8. The Bertz CT molecular complexity index is 736. The molecular formula is C17H25N5OS. The Kier molecular flexibility index (Phi) is 5.08. The van der Waals surface area contributed by atoms with Crippen LogP contribution in [0, 0.1) is 19.8 Å². The zero-order chi connectivity index (χ0) is 17.3. The number of aryl methyl sites for hydroxylation is 2. The number of fused-ring (bicyclic) bond motifs is 1. The van der Waals surface area contributed by atoms with Crippen LogP contribution in [0.25, 0.3) is 5.78 Å². The lowest BCUT2D eigenvalue weighted by atomic mass is 9.87. The molecule has 3 rings (SSSR count). The first kappa shape index (κ1) is 17.2. The summed E-state index contributed by atoms with van der Waals surface area (Å²) >= 11 is 1.44. The molecule has 1 saturated carbocycles. The average Bonchev–Trinajstić information content (AvgIpc) is 2.95. The number of nitrogens with zero attached hydrogens (tertiary/aromatic N) is 5. The largest absolute Gasteiger partial charge is 0.342 e. The van der Waals surface area contributed by atoms with Crippen LogP contribution in [0.4, 0.5) is 0 Å². The summed E-state index contributed by atoms with van der Waals surface area (Å²) in [6, 6.07) is 2.38. The number of hydrogen-bond donors (Lipinski definition) is 0. The van der Waals surface area contributed by atoms with Gasteiger partial charge >= 0.3 is 0 Å². The van der Waals surface area contributed by atoms with Crippen LogP contribution >= 0.6 is 11.8 Å². The van der Waals surface area contributed by atoms with Crippen molar-refractivity contribution in [3.8, 4) is 0 Å². The molecule has 1 aliphatic carbocycles. The molecule has 0 radical (unpaired) electrons. The van der Waals surface area contributed by atoms with Crippen molar-refractivity contribution in [1.82, 2.24) is 24.5 Å². The van der Waals surface area contributed by atoms with Crippen molar-refractivity contribution >= 4 is 23.4 Å². The van der Waals surface area contributed by atoms with Crippen molar-refractivity contribution in [3.05, 3.63) is 17.5 Å². The van der Waals surface area contributed by atoms with E-state index >= 15 is 0 Å². The van der Waals surface area contributed by atoms with Crippen LogP contribution in [-0.2, 0) is 4.79 Å². The van der Waals surface area contributed by atoms with E-state index in [0.29, 0.717) is 17.6 Å². The van der Waals surface area contributed by atoms with Crippen molar-refractivity contribution in [2.45, 2.75) is 57.7 Å². The molecule has 24 heavy (non-hydrogen) atoms. The van der Waals surface area contributed by atoms with Gasteiger partial charge in [0.05, 0.1) is 5.75 Å². The summed E-state index contributed by atoms with van der Waals surface area (Å²) in [4.78, 5) is 18.8. The third-order valence-electron chi connectivity index (χ3n) is 4.91. The highest BCUT2D eigenvalue weighted by Crippen LogP contribution is 2.27. The van der Waals surface area contributed by atoms with E-state index in [1.807, 2.05) is 36.3 Å². The highest BCUT2D eigenvalue weighted by molar-refractivity contribution is 7.99. The summed E-state index contributed by atoms with van der Waals surface area (Å²) in [6.45, 7) is 6.24. The van der Waals surface area contributed by atoms with Gasteiger partial charge in [0.1, 0.15) is 0 Å². The molecule has 0 spiro atoms. The summed E-state index contributed by atoms with van der Waals surface area (Å²) in [5.74, 6) is 1.93. The van der Waals surface area contributed by atoms with Gasteiger partial charge in [-0.2, -0.15) is 0 Å². The van der Waals surface area contributed by atoms with Crippen molar-refractivity contribution in [2.75, 3.05) is 12.8 Å². The standard InChI is InChI=1S/C17H25N5OS/c1-11-5-7-14(8-6-11)21(4)15(23)10-24-17-20-19-16-18-12(2)9-13(3)22(16)17/h9,11,14H,5-8,10H2,1-4H3. The second kappa shape index (κ2) is 7.09. The Hall–Kier alpha value is -1.63. The molecule has 7 heteroatoms. The molecule has 0 aromatic carbocycles. The van der Waals surface area contributed by atoms with Crippen LogP contribution in [0.15, 0.2) is 11.2 Å². The average molecular weight is 347 g/mol. The topological polar surface area (TPSA) is 63.4 Å². The number of carbonyl (C=O) groups excluding carboxylic acids is 1. The fourth-order valence-electron chi connectivity index (χ4n) is 3.36. The number of amides is 1. The molecule has 2 heterocycles. The third kappa shape index (κ3) is 3.55. The number of hydrogen-bond acceptors (Lipinski definition) is 5. The molecule has 0 atom stereocenters. The van der Waals surface area contributed by atoms with E-state index in [0.717, 1.165) is 35.3 Å². The van der Waals surface area contributed by atoms with Crippen LogP contribution in [0.3, 0.4) is 0 Å². The molecule has 0 N–H and O–H groups in total. The monoisotopic (exact) mass is 347 g/mol. The van der Waals surface area contributed by atoms with Crippen molar-refractivity contribution in [1.29, 1.82) is 0 Å². The van der Waals surface area contributed by atoms with E-state index in [-0.39, 0.29) is 5.91 Å². The maximum Gasteiger partial charge on any atom is 0.256 e. The normalized spacial score (nSPS) is 21.2. The lowest BCUT2D eigenvalue weighted by Gasteiger charge is -2.33. The number of thioether (sulfide) groups is 1. The van der Waals surface area contributed by atoms with Gasteiger partial charge in [-0.25, -0.2) is 4.98 Å². The Morgan fingerprint density at radius 3 is 2.71 bits per heavy atom. The smallest absolute Gasteiger partial charge is 0.256 e. The van der Waals surface area contributed by atoms with Gasteiger partial charge < -0.3 is 4.90 Å². The van der Waals surface area contributed by atoms with Gasteiger partial charge in [-0.05, 0) is 51.5 Å². The van der Waals surface area contributed by atoms with Crippen molar-refractivity contribution in [2.24, 2.45) is 5.92 Å². The molecule has 2 aromatic heterocycles. The molecule has 0 unspecified atom stereocenters. The Morgan fingerprint density at radius 1 is 1.29 bits per heavy atom. The SMILES string of the molecule is Cc1cc(C)n2c(SCC(=O)N(C)C3CCC(C)CC3)nnc2n1. The van der Waals surface area contributed by atoms with Crippen molar-refractivity contribution in [3.63, 3.8) is 0 Å². The number of carbonyl (C=O) groups is 1. The van der Waals surface area contributed by atoms with E-state index in [9.17, 15) is 4.79 Å². The van der Waals surface area contributed by atoms with E-state index in [1.165, 1.54) is 24.6 Å². The molecule has 0 bridgehead atoms. The molecule has 1 fully saturated rings. The van der Waals surface area contributed by atoms with Gasteiger partial charge in [0, 0.05) is 24.5 Å². The van der Waals surface area contributed by atoms with Gasteiger partial charge in [0.2, 0.25) is 5.91 Å². The first-order chi connectivity index (χ1) is 11.5. The minimum Gasteiger partial charge on any atom is -0.342 e. The zero-order valence-corrected chi connectivity index (χ0v) is 15.6. The molecule has 130 valence electrons. The highest BCUT2D eigenvalue weighted by atomic mass is 32.2. The van der Waals surface area contributed by atoms with Crippen LogP contribution < -0.4 is 0 Å². The van der Waals surface area contributed by atoms with E-state index in [2.05, 4.69) is 22.1 Å². The van der Waals surface area contributed by atoms with Gasteiger partial charge in [-0.3, -0.25) is 9.20 Å². The summed E-state index contributed by atoms with van der Waals surface area (Å²) in [6.07, 6.45) is 4.66. The summed E-state index contributed by atoms with van der Waals surface area (Å²) in [5.41, 5.74) is 1.96. The highest BCUT2D eigenvalue weighted by Gasteiger charge is 2.25. The summed E-state index contributed by atoms with van der Waals surface area (Å²) < 4.78 is 1.91. The first-order valence-electron chi connectivity index (χ1n) is 8.53. The van der Waals surface area contributed by atoms with Gasteiger partial charge in [-0.1, -0.05) is 18.7 Å². The van der Waals surface area contributed by atoms with Crippen LogP contribution in [0.2, 0.25) is 0 Å². The van der Waals surface area contributed by atoms with Crippen LogP contribution in [0.5, 0.6) is 0 Å². The minimum atomic E-state index is 0.161. The second-order valence-electron chi connectivity index (χ2n) is 6.86. The lowest BCUT2D eigenvalue weighted by Crippen LogP contribution is -2.40. The van der Waals surface area contributed by atoms with E-state index < -0.39 is 0 Å². The number of rotatable bonds is 4. The summed E-state index contributed by atoms with van der Waals surface area (Å²) in [7, 11) is 1.93. The van der Waals surface area contributed by atoms with Crippen LogP contribution in [0.1, 0.15) is 44.0 Å². The lowest BCUT2D eigenvalue weighted by molar-refractivity contribution is -0.129. The molecule has 0 saturated heterocycles. The molecular weight excluding hydrogens is 322 g/mol. The predicted molar refractivity (Wildman–Crippen MR) is 95.2 cm³/mol. The third-order valence-corrected chi connectivity index (χ3v) is 5.83. The number of aromatic nitrogens is 4. The quantitative estimate of drug-likeness (QED) is 0.796. The molecule has 0 aliphatic heterocycles. The maximum atomic E-state index is 12.5. The van der Waals surface area contributed by atoms with Gasteiger partial charge in [-0.15, -0.1) is 10.2 Å². The Morgan fingerprint density at radius 2 is 2.00 bits per heavy atom. The van der Waals surface area contributed by atoms with Crippen molar-refractivity contribution < 1.29 is 4.79 Å². The van der Waals surface area contributed by atoms with Gasteiger partial charge in [0.15, 0.2) is 5.16 Å².